The molecule has 0 aliphatic rings. The van der Waals surface area contributed by atoms with Gasteiger partial charge in [0.1, 0.15) is 18.1 Å². The molecule has 0 radical (unpaired) electrons. The van der Waals surface area contributed by atoms with Gasteiger partial charge in [0.2, 0.25) is 0 Å². The number of aryl methyl sites for hydroxylation is 1. The van der Waals surface area contributed by atoms with Gasteiger partial charge in [-0.15, -0.1) is 0 Å². The van der Waals surface area contributed by atoms with E-state index in [2.05, 4.69) is 5.32 Å². The molecule has 2 heterocycles. The molecule has 0 aliphatic carbocycles. The first-order valence-corrected chi connectivity index (χ1v) is 10.4. The summed E-state index contributed by atoms with van der Waals surface area (Å²) in [4.78, 5) is 12.6. The second kappa shape index (κ2) is 9.14. The Kier molecular flexibility index (Phi) is 6.14. The van der Waals surface area contributed by atoms with Crippen LogP contribution in [-0.2, 0) is 6.61 Å². The number of para-hydroxylation sites is 1. The number of rotatable bonds is 7. The Morgan fingerprint density at radius 1 is 1.06 bits per heavy atom. The molecule has 4 rings (SSSR count). The zero-order chi connectivity index (χ0) is 21.8. The largest absolute Gasteiger partial charge is 0.484 e. The number of ether oxygens (including phenoxy) is 1. The van der Waals surface area contributed by atoms with Gasteiger partial charge in [0.05, 0.1) is 11.1 Å². The number of nitrogens with zero attached hydrogens (tertiary/aromatic N) is 1. The van der Waals surface area contributed by atoms with Crippen LogP contribution in [0.1, 0.15) is 40.4 Å². The fourth-order valence-corrected chi connectivity index (χ4v) is 3.59. The highest BCUT2D eigenvalue weighted by molar-refractivity contribution is 6.32. The number of carbonyl (C=O) groups excluding carboxylic acids is 1. The second-order valence-corrected chi connectivity index (χ2v) is 7.72. The molecule has 1 unspecified atom stereocenters. The van der Waals surface area contributed by atoms with Gasteiger partial charge >= 0.3 is 0 Å². The topological polar surface area (TPSA) is 56.4 Å². The number of furan rings is 1. The van der Waals surface area contributed by atoms with Crippen molar-refractivity contribution in [1.29, 1.82) is 0 Å². The molecule has 158 valence electrons. The highest BCUT2D eigenvalue weighted by Crippen LogP contribution is 2.29. The van der Waals surface area contributed by atoms with Gasteiger partial charge < -0.3 is 19.0 Å². The van der Waals surface area contributed by atoms with Crippen LogP contribution >= 0.6 is 11.6 Å². The van der Waals surface area contributed by atoms with Gasteiger partial charge in [0.25, 0.3) is 5.91 Å². The van der Waals surface area contributed by atoms with Crippen molar-refractivity contribution in [1.82, 2.24) is 9.88 Å². The minimum absolute atomic E-state index is 0.165. The predicted molar refractivity (Wildman–Crippen MR) is 121 cm³/mol. The normalized spacial score (nSPS) is 11.8. The van der Waals surface area contributed by atoms with Gasteiger partial charge in [-0.3, -0.25) is 4.79 Å². The summed E-state index contributed by atoms with van der Waals surface area (Å²) in [5, 5.41) is 3.51. The number of benzene rings is 2. The molecule has 4 aromatic rings. The monoisotopic (exact) mass is 434 g/mol. The first-order valence-electron chi connectivity index (χ1n) is 10.0. The van der Waals surface area contributed by atoms with Gasteiger partial charge in [-0.25, -0.2) is 0 Å². The number of carbonyl (C=O) groups is 1. The SMILES string of the molecule is Cc1cccc(Cl)c1OCc1ccc(C(=O)NC(C)c2ccc(-n3cccc3)cc2)o1. The van der Waals surface area contributed by atoms with E-state index in [1.807, 2.05) is 79.3 Å². The van der Waals surface area contributed by atoms with E-state index in [-0.39, 0.29) is 24.3 Å². The maximum Gasteiger partial charge on any atom is 0.287 e. The van der Waals surface area contributed by atoms with Gasteiger partial charge in [-0.05, 0) is 67.4 Å². The quantitative estimate of drug-likeness (QED) is 0.382. The molecule has 2 aromatic heterocycles. The highest BCUT2D eigenvalue weighted by atomic mass is 35.5. The van der Waals surface area contributed by atoms with Crippen molar-refractivity contribution < 1.29 is 13.9 Å². The Labute approximate surface area is 186 Å². The van der Waals surface area contributed by atoms with Crippen LogP contribution in [0, 0.1) is 6.92 Å². The molecule has 1 N–H and O–H groups in total. The van der Waals surface area contributed by atoms with E-state index in [1.54, 1.807) is 18.2 Å². The molecule has 1 atom stereocenters. The lowest BCUT2D eigenvalue weighted by Crippen LogP contribution is -2.26. The lowest BCUT2D eigenvalue weighted by molar-refractivity contribution is 0.0907. The summed E-state index contributed by atoms with van der Waals surface area (Å²) in [5.74, 6) is 1.13. The molecule has 5 nitrogen and oxygen atoms in total. The third-order valence-corrected chi connectivity index (χ3v) is 5.35. The Hall–Kier alpha value is -3.44. The summed E-state index contributed by atoms with van der Waals surface area (Å²) in [6.45, 7) is 4.05. The number of aromatic nitrogens is 1. The number of halogens is 1. The zero-order valence-corrected chi connectivity index (χ0v) is 18.1. The van der Waals surface area contributed by atoms with Gasteiger partial charge in [0.15, 0.2) is 5.76 Å². The summed E-state index contributed by atoms with van der Waals surface area (Å²) < 4.78 is 13.5. The first kappa shape index (κ1) is 20.8. The molecular weight excluding hydrogens is 412 g/mol. The van der Waals surface area contributed by atoms with E-state index in [0.717, 1.165) is 16.8 Å². The van der Waals surface area contributed by atoms with Crippen LogP contribution in [0.5, 0.6) is 5.75 Å². The average Bonchev–Trinajstić information content (AvgIpc) is 3.46. The maximum atomic E-state index is 12.6. The van der Waals surface area contributed by atoms with E-state index in [4.69, 9.17) is 20.8 Å². The highest BCUT2D eigenvalue weighted by Gasteiger charge is 2.16. The lowest BCUT2D eigenvalue weighted by Gasteiger charge is -2.14. The number of hydrogen-bond donors (Lipinski definition) is 1. The van der Waals surface area contributed by atoms with E-state index in [1.165, 1.54) is 0 Å². The van der Waals surface area contributed by atoms with Crippen LogP contribution in [-0.4, -0.2) is 10.5 Å². The van der Waals surface area contributed by atoms with Crippen molar-refractivity contribution in [3.05, 3.63) is 107 Å². The number of amides is 1. The van der Waals surface area contributed by atoms with Gasteiger partial charge in [0, 0.05) is 18.1 Å². The first-order chi connectivity index (χ1) is 15.0. The van der Waals surface area contributed by atoms with Crippen LogP contribution in [0.4, 0.5) is 0 Å². The summed E-state index contributed by atoms with van der Waals surface area (Å²) >= 11 is 6.18. The van der Waals surface area contributed by atoms with Crippen molar-refractivity contribution in [3.8, 4) is 11.4 Å². The van der Waals surface area contributed by atoms with Crippen molar-refractivity contribution in [2.75, 3.05) is 0 Å². The summed E-state index contributed by atoms with van der Waals surface area (Å²) in [7, 11) is 0. The van der Waals surface area contributed by atoms with Gasteiger partial charge in [-0.1, -0.05) is 35.9 Å². The fourth-order valence-electron chi connectivity index (χ4n) is 3.31. The van der Waals surface area contributed by atoms with E-state index in [9.17, 15) is 4.79 Å². The molecule has 2 aromatic carbocycles. The smallest absolute Gasteiger partial charge is 0.287 e. The molecular formula is C25H23ClN2O3. The predicted octanol–water partition coefficient (Wildman–Crippen LogP) is 6.10. The summed E-state index contributed by atoms with van der Waals surface area (Å²) in [6, 6.07) is 20.8. The number of nitrogens with one attached hydrogen (secondary N) is 1. The molecule has 0 fully saturated rings. The van der Waals surface area contributed by atoms with E-state index >= 15 is 0 Å². The lowest BCUT2D eigenvalue weighted by atomic mass is 10.1. The average molecular weight is 435 g/mol. The Morgan fingerprint density at radius 2 is 1.81 bits per heavy atom. The standard InChI is InChI=1S/C25H23ClN2O3/c1-17-6-5-7-22(26)24(17)30-16-21-12-13-23(31-21)25(29)27-18(2)19-8-10-20(11-9-19)28-14-3-4-15-28/h3-15,18H,16H2,1-2H3,(H,27,29). The van der Waals surface area contributed by atoms with E-state index in [0.29, 0.717) is 16.5 Å². The fraction of sp³-hybridized carbons (Fsp3) is 0.160. The molecule has 0 bridgehead atoms. The van der Waals surface area contributed by atoms with Crippen molar-refractivity contribution in [3.63, 3.8) is 0 Å². The minimum atomic E-state index is -0.276. The van der Waals surface area contributed by atoms with Crippen LogP contribution in [0.25, 0.3) is 5.69 Å². The molecule has 31 heavy (non-hydrogen) atoms. The van der Waals surface area contributed by atoms with E-state index < -0.39 is 0 Å². The van der Waals surface area contributed by atoms with Crippen molar-refractivity contribution in [2.24, 2.45) is 0 Å². The van der Waals surface area contributed by atoms with Gasteiger partial charge in [-0.2, -0.15) is 0 Å². The molecule has 0 aliphatic heterocycles. The zero-order valence-electron chi connectivity index (χ0n) is 17.3. The molecule has 1 amide bonds. The second-order valence-electron chi connectivity index (χ2n) is 7.32. The minimum Gasteiger partial charge on any atom is -0.484 e. The van der Waals surface area contributed by atoms with Crippen molar-refractivity contribution in [2.45, 2.75) is 26.5 Å². The summed E-state index contributed by atoms with van der Waals surface area (Å²) in [6.07, 6.45) is 3.98. The maximum absolute atomic E-state index is 12.6. The Balaban J connectivity index is 1.36. The summed E-state index contributed by atoms with van der Waals surface area (Å²) in [5.41, 5.74) is 3.01. The Morgan fingerprint density at radius 3 is 2.52 bits per heavy atom. The molecule has 6 heteroatoms. The molecule has 0 spiro atoms. The van der Waals surface area contributed by atoms with Crippen LogP contribution in [0.3, 0.4) is 0 Å². The molecule has 0 saturated carbocycles. The Bertz CT molecular complexity index is 1140. The molecule has 0 saturated heterocycles. The van der Waals surface area contributed by atoms with Crippen LogP contribution < -0.4 is 10.1 Å². The van der Waals surface area contributed by atoms with Crippen molar-refractivity contribution >= 4 is 17.5 Å². The third-order valence-electron chi connectivity index (χ3n) is 5.05. The van der Waals surface area contributed by atoms with Crippen LogP contribution in [0.2, 0.25) is 5.02 Å². The third kappa shape index (κ3) is 4.84. The van der Waals surface area contributed by atoms with Crippen LogP contribution in [0.15, 0.2) is 83.5 Å². The number of hydrogen-bond acceptors (Lipinski definition) is 3.